The third-order valence-electron chi connectivity index (χ3n) is 5.57. The molecule has 0 saturated carbocycles. The fraction of sp³-hybridized carbons (Fsp3) is 0.222. The second-order valence-corrected chi connectivity index (χ2v) is 11.3. The van der Waals surface area contributed by atoms with Crippen molar-refractivity contribution in [2.45, 2.75) is 32.8 Å². The summed E-state index contributed by atoms with van der Waals surface area (Å²) < 4.78 is 14.1. The molecule has 0 spiro atoms. The summed E-state index contributed by atoms with van der Waals surface area (Å²) in [6.45, 7) is 5.89. The summed E-state index contributed by atoms with van der Waals surface area (Å²) in [5.74, 6) is 0.619. The van der Waals surface area contributed by atoms with Crippen LogP contribution in [0.5, 0.6) is 11.5 Å². The number of hydrogen-bond acceptors (Lipinski definition) is 7. The van der Waals surface area contributed by atoms with E-state index in [0.717, 1.165) is 14.5 Å². The van der Waals surface area contributed by atoms with Crippen LogP contribution >= 0.6 is 31.9 Å². The zero-order valence-corrected chi connectivity index (χ0v) is 24.2. The van der Waals surface area contributed by atoms with Crippen molar-refractivity contribution in [3.05, 3.63) is 101 Å². The van der Waals surface area contributed by atoms with Gasteiger partial charge in [-0.1, -0.05) is 64.8 Å². The van der Waals surface area contributed by atoms with Gasteiger partial charge < -0.3 is 9.47 Å². The molecule has 0 amide bonds. The zero-order valence-electron chi connectivity index (χ0n) is 21.1. The monoisotopic (exact) mass is 642 g/mol. The molecule has 3 aromatic carbocycles. The lowest BCUT2D eigenvalue weighted by Crippen LogP contribution is -2.29. The molecular weight excluding hydrogens is 620 g/mol. The Hall–Kier alpha value is -3.57. The van der Waals surface area contributed by atoms with E-state index in [1.54, 1.807) is 18.2 Å². The highest BCUT2D eigenvalue weighted by molar-refractivity contribution is 9.10. The molecule has 9 nitrogen and oxygen atoms in total. The summed E-state index contributed by atoms with van der Waals surface area (Å²) in [4.78, 5) is 29.5. The number of benzene rings is 3. The number of methoxy groups -OCH3 is 1. The van der Waals surface area contributed by atoms with Gasteiger partial charge in [0, 0.05) is 26.0 Å². The standard InChI is InChI=1S/C27H24Br2N4O5/c1-27(2,3)26-31-21-10-9-19(29)13-20(21)25(34)32(26)30-14-17-11-22(33(35)36)24(23(12-17)37-4)38-15-16-5-7-18(28)8-6-16/h5-14H,15H2,1-4H3. The molecule has 0 unspecified atom stereocenters. The predicted molar refractivity (Wildman–Crippen MR) is 154 cm³/mol. The van der Waals surface area contributed by atoms with Crippen LogP contribution in [0.4, 0.5) is 5.69 Å². The van der Waals surface area contributed by atoms with Gasteiger partial charge in [-0.2, -0.15) is 9.78 Å². The Kier molecular flexibility index (Phi) is 7.98. The largest absolute Gasteiger partial charge is 0.493 e. The maximum Gasteiger partial charge on any atom is 0.315 e. The molecule has 1 heterocycles. The summed E-state index contributed by atoms with van der Waals surface area (Å²) >= 11 is 6.77. The van der Waals surface area contributed by atoms with Gasteiger partial charge in [-0.25, -0.2) is 4.98 Å². The lowest BCUT2D eigenvalue weighted by Gasteiger charge is -2.20. The van der Waals surface area contributed by atoms with Crippen LogP contribution in [0.15, 0.2) is 73.4 Å². The third-order valence-corrected chi connectivity index (χ3v) is 6.59. The normalized spacial score (nSPS) is 11.7. The molecule has 11 heteroatoms. The molecule has 0 radical (unpaired) electrons. The van der Waals surface area contributed by atoms with Gasteiger partial charge in [-0.3, -0.25) is 14.9 Å². The van der Waals surface area contributed by atoms with E-state index in [2.05, 4.69) is 41.9 Å². The van der Waals surface area contributed by atoms with Crippen LogP contribution in [0.25, 0.3) is 10.9 Å². The summed E-state index contributed by atoms with van der Waals surface area (Å²) in [5, 5.41) is 16.7. The number of halogens is 2. The van der Waals surface area contributed by atoms with Crippen molar-refractivity contribution in [3.63, 3.8) is 0 Å². The van der Waals surface area contributed by atoms with Crippen molar-refractivity contribution in [3.8, 4) is 11.5 Å². The minimum Gasteiger partial charge on any atom is -0.493 e. The van der Waals surface area contributed by atoms with Crippen molar-refractivity contribution < 1.29 is 14.4 Å². The number of ether oxygens (including phenoxy) is 2. The first-order valence-corrected chi connectivity index (χ1v) is 13.1. The van der Waals surface area contributed by atoms with E-state index in [0.29, 0.717) is 22.3 Å². The van der Waals surface area contributed by atoms with E-state index in [9.17, 15) is 14.9 Å². The molecule has 196 valence electrons. The van der Waals surface area contributed by atoms with Crippen molar-refractivity contribution in [2.75, 3.05) is 7.11 Å². The molecule has 0 aliphatic heterocycles. The predicted octanol–water partition coefficient (Wildman–Crippen LogP) is 6.60. The van der Waals surface area contributed by atoms with Crippen molar-refractivity contribution in [1.29, 1.82) is 0 Å². The smallest absolute Gasteiger partial charge is 0.315 e. The van der Waals surface area contributed by atoms with Crippen molar-refractivity contribution in [2.24, 2.45) is 5.10 Å². The van der Waals surface area contributed by atoms with Crippen LogP contribution in [0.2, 0.25) is 0 Å². The third kappa shape index (κ3) is 5.94. The lowest BCUT2D eigenvalue weighted by atomic mass is 9.95. The Morgan fingerprint density at radius 3 is 2.39 bits per heavy atom. The SMILES string of the molecule is COc1cc(C=Nn2c(C(C)(C)C)nc3ccc(Br)cc3c2=O)cc([N+](=O)[O-])c1OCc1ccc(Br)cc1. The van der Waals surface area contributed by atoms with Gasteiger partial charge in [0.25, 0.3) is 5.56 Å². The average molecular weight is 644 g/mol. The summed E-state index contributed by atoms with van der Waals surface area (Å²) in [6.07, 6.45) is 1.37. The molecule has 0 atom stereocenters. The van der Waals surface area contributed by atoms with Gasteiger partial charge in [0.05, 0.1) is 29.2 Å². The molecule has 38 heavy (non-hydrogen) atoms. The molecule has 1 aromatic heterocycles. The van der Waals surface area contributed by atoms with E-state index in [-0.39, 0.29) is 29.4 Å². The molecule has 4 rings (SSSR count). The highest BCUT2D eigenvalue weighted by Crippen LogP contribution is 2.38. The number of nitro groups is 1. The summed E-state index contributed by atoms with van der Waals surface area (Å²) in [7, 11) is 1.40. The number of nitrogens with zero attached hydrogens (tertiary/aromatic N) is 4. The zero-order chi connectivity index (χ0) is 27.6. The molecule has 0 aliphatic carbocycles. The van der Waals surface area contributed by atoms with Crippen LogP contribution in [-0.4, -0.2) is 27.9 Å². The van der Waals surface area contributed by atoms with Crippen LogP contribution in [0.1, 0.15) is 37.7 Å². The Morgan fingerprint density at radius 2 is 1.76 bits per heavy atom. The average Bonchev–Trinajstić information content (AvgIpc) is 2.87. The lowest BCUT2D eigenvalue weighted by molar-refractivity contribution is -0.386. The number of fused-ring (bicyclic) bond motifs is 1. The maximum atomic E-state index is 13.4. The van der Waals surface area contributed by atoms with Gasteiger partial charge in [0.2, 0.25) is 5.75 Å². The minimum atomic E-state index is -0.543. The molecule has 0 fully saturated rings. The Balaban J connectivity index is 1.77. The topological polar surface area (TPSA) is 109 Å². The molecule has 0 saturated heterocycles. The number of nitro benzene ring substituents is 1. The molecule has 0 N–H and O–H groups in total. The van der Waals surface area contributed by atoms with Gasteiger partial charge in [0.15, 0.2) is 5.75 Å². The fourth-order valence-electron chi connectivity index (χ4n) is 3.72. The maximum absolute atomic E-state index is 13.4. The molecule has 0 aliphatic rings. The van der Waals surface area contributed by atoms with Gasteiger partial charge in [-0.15, -0.1) is 0 Å². The fourth-order valence-corrected chi connectivity index (χ4v) is 4.34. The highest BCUT2D eigenvalue weighted by Gasteiger charge is 2.24. The van der Waals surface area contributed by atoms with E-state index in [1.807, 2.05) is 51.1 Å². The summed E-state index contributed by atoms with van der Waals surface area (Å²) in [5.41, 5.74) is 0.594. The van der Waals surface area contributed by atoms with Crippen LogP contribution in [0.3, 0.4) is 0 Å². The van der Waals surface area contributed by atoms with E-state index in [1.165, 1.54) is 24.1 Å². The molecule has 4 aromatic rings. The van der Waals surface area contributed by atoms with Gasteiger partial charge >= 0.3 is 5.69 Å². The Bertz CT molecular complexity index is 1610. The van der Waals surface area contributed by atoms with Crippen LogP contribution < -0.4 is 15.0 Å². The second kappa shape index (κ2) is 11.0. The quantitative estimate of drug-likeness (QED) is 0.128. The Labute approximate surface area is 235 Å². The number of rotatable bonds is 7. The first-order chi connectivity index (χ1) is 18.0. The number of aromatic nitrogens is 2. The first-order valence-electron chi connectivity index (χ1n) is 11.5. The first kappa shape index (κ1) is 27.5. The van der Waals surface area contributed by atoms with E-state index < -0.39 is 10.3 Å². The second-order valence-electron chi connectivity index (χ2n) is 9.45. The highest BCUT2D eigenvalue weighted by atomic mass is 79.9. The van der Waals surface area contributed by atoms with E-state index in [4.69, 9.17) is 9.47 Å². The van der Waals surface area contributed by atoms with Crippen LogP contribution in [0, 0.1) is 10.1 Å². The molecule has 0 bridgehead atoms. The van der Waals surface area contributed by atoms with E-state index >= 15 is 0 Å². The van der Waals surface area contributed by atoms with Crippen LogP contribution in [-0.2, 0) is 12.0 Å². The van der Waals surface area contributed by atoms with Gasteiger partial charge in [0.1, 0.15) is 12.4 Å². The van der Waals surface area contributed by atoms with Crippen molar-refractivity contribution >= 4 is 54.7 Å². The van der Waals surface area contributed by atoms with Crippen molar-refractivity contribution in [1.82, 2.24) is 9.66 Å². The molecular formula is C27H24Br2N4O5. The van der Waals surface area contributed by atoms with Gasteiger partial charge in [-0.05, 0) is 42.0 Å². The summed E-state index contributed by atoms with van der Waals surface area (Å²) in [6, 6.07) is 15.6. The Morgan fingerprint density at radius 1 is 1.08 bits per heavy atom. The minimum absolute atomic E-state index is 0.00217. The number of hydrogen-bond donors (Lipinski definition) is 0.